The van der Waals surface area contributed by atoms with Gasteiger partial charge in [-0.15, -0.1) is 0 Å². The molecule has 2 heterocycles. The van der Waals surface area contributed by atoms with Crippen LogP contribution < -0.4 is 10.6 Å². The summed E-state index contributed by atoms with van der Waals surface area (Å²) in [5.41, 5.74) is 6.04. The minimum absolute atomic E-state index is 0.0254. The second kappa shape index (κ2) is 6.37. The van der Waals surface area contributed by atoms with Crippen molar-refractivity contribution in [2.24, 2.45) is 11.7 Å². The third kappa shape index (κ3) is 3.47. The van der Waals surface area contributed by atoms with E-state index >= 15 is 0 Å². The molecule has 5 nitrogen and oxygen atoms in total. The van der Waals surface area contributed by atoms with E-state index in [9.17, 15) is 0 Å². The Morgan fingerprint density at radius 1 is 1.11 bits per heavy atom. The van der Waals surface area contributed by atoms with Gasteiger partial charge in [0.05, 0.1) is 5.92 Å². The van der Waals surface area contributed by atoms with Crippen LogP contribution in [0.2, 0.25) is 0 Å². The molecule has 1 aliphatic rings. The molecule has 1 aromatic heterocycles. The van der Waals surface area contributed by atoms with Crippen LogP contribution in [0.15, 0.2) is 4.52 Å². The van der Waals surface area contributed by atoms with Crippen LogP contribution in [-0.2, 0) is 0 Å². The fourth-order valence-corrected chi connectivity index (χ4v) is 2.88. The second-order valence-electron chi connectivity index (χ2n) is 5.96. The van der Waals surface area contributed by atoms with Crippen LogP contribution in [0.1, 0.15) is 58.3 Å². The van der Waals surface area contributed by atoms with Gasteiger partial charge in [-0.1, -0.05) is 26.7 Å². The van der Waals surface area contributed by atoms with Gasteiger partial charge in [-0.25, -0.2) is 0 Å². The molecule has 2 unspecified atom stereocenters. The average molecular weight is 266 g/mol. The lowest BCUT2D eigenvalue weighted by Crippen LogP contribution is -2.29. The number of hydrogen-bond acceptors (Lipinski definition) is 5. The normalized spacial score (nSPS) is 20.4. The Balaban J connectivity index is 2.12. The van der Waals surface area contributed by atoms with E-state index in [0.717, 1.165) is 19.0 Å². The summed E-state index contributed by atoms with van der Waals surface area (Å²) < 4.78 is 5.46. The van der Waals surface area contributed by atoms with Crippen molar-refractivity contribution in [2.45, 2.75) is 58.4 Å². The standard InChI is InChI=1S/C14H26N4O/c1-10(2)12(11(3)15)13-16-14(17-19-13)18-8-6-4-5-7-9-18/h10-12H,4-9,15H2,1-3H3. The Morgan fingerprint density at radius 2 is 1.74 bits per heavy atom. The van der Waals surface area contributed by atoms with E-state index in [-0.39, 0.29) is 12.0 Å². The first kappa shape index (κ1) is 14.3. The number of aromatic nitrogens is 2. The van der Waals surface area contributed by atoms with Gasteiger partial charge in [0.25, 0.3) is 5.95 Å². The summed E-state index contributed by atoms with van der Waals surface area (Å²) >= 11 is 0. The van der Waals surface area contributed by atoms with Crippen molar-refractivity contribution in [3.63, 3.8) is 0 Å². The van der Waals surface area contributed by atoms with Gasteiger partial charge in [0.15, 0.2) is 0 Å². The average Bonchev–Trinajstić information content (AvgIpc) is 2.63. The minimum Gasteiger partial charge on any atom is -0.338 e. The number of rotatable bonds is 4. The zero-order chi connectivity index (χ0) is 13.8. The van der Waals surface area contributed by atoms with E-state index in [1.165, 1.54) is 25.7 Å². The highest BCUT2D eigenvalue weighted by molar-refractivity contribution is 5.28. The van der Waals surface area contributed by atoms with Gasteiger partial charge in [0, 0.05) is 19.1 Å². The van der Waals surface area contributed by atoms with E-state index < -0.39 is 0 Å². The summed E-state index contributed by atoms with van der Waals surface area (Å²) in [7, 11) is 0. The van der Waals surface area contributed by atoms with E-state index in [0.29, 0.717) is 11.8 Å². The monoisotopic (exact) mass is 266 g/mol. The fraction of sp³-hybridized carbons (Fsp3) is 0.857. The lowest BCUT2D eigenvalue weighted by Gasteiger charge is -2.20. The zero-order valence-electron chi connectivity index (χ0n) is 12.3. The molecule has 2 atom stereocenters. The molecule has 1 saturated heterocycles. The Hall–Kier alpha value is -1.10. The van der Waals surface area contributed by atoms with E-state index in [4.69, 9.17) is 10.3 Å². The Kier molecular flexibility index (Phi) is 4.80. The largest absolute Gasteiger partial charge is 0.338 e. The fourth-order valence-electron chi connectivity index (χ4n) is 2.88. The van der Waals surface area contributed by atoms with Crippen LogP contribution in [0.5, 0.6) is 0 Å². The summed E-state index contributed by atoms with van der Waals surface area (Å²) in [5, 5.41) is 4.15. The lowest BCUT2D eigenvalue weighted by molar-refractivity contribution is 0.300. The summed E-state index contributed by atoms with van der Waals surface area (Å²) in [6, 6.07) is 0.0254. The van der Waals surface area contributed by atoms with Crippen molar-refractivity contribution in [1.82, 2.24) is 10.1 Å². The Bertz CT molecular complexity index is 373. The molecule has 108 valence electrons. The van der Waals surface area contributed by atoms with Crippen molar-refractivity contribution in [3.8, 4) is 0 Å². The van der Waals surface area contributed by atoms with E-state index in [1.54, 1.807) is 0 Å². The lowest BCUT2D eigenvalue weighted by atomic mass is 9.90. The highest BCUT2D eigenvalue weighted by Gasteiger charge is 2.27. The predicted octanol–water partition coefficient (Wildman–Crippen LogP) is 2.54. The number of anilines is 1. The van der Waals surface area contributed by atoms with Crippen molar-refractivity contribution in [1.29, 1.82) is 0 Å². The summed E-state index contributed by atoms with van der Waals surface area (Å²) in [6.07, 6.45) is 5.03. The molecule has 19 heavy (non-hydrogen) atoms. The second-order valence-corrected chi connectivity index (χ2v) is 5.96. The number of hydrogen-bond donors (Lipinski definition) is 1. The van der Waals surface area contributed by atoms with E-state index in [1.807, 2.05) is 6.92 Å². The van der Waals surface area contributed by atoms with Crippen molar-refractivity contribution in [2.75, 3.05) is 18.0 Å². The maximum Gasteiger partial charge on any atom is 0.266 e. The van der Waals surface area contributed by atoms with Gasteiger partial charge >= 0.3 is 0 Å². The molecule has 1 fully saturated rings. The quantitative estimate of drug-likeness (QED) is 0.907. The first-order valence-electron chi connectivity index (χ1n) is 7.43. The number of nitrogens with zero attached hydrogens (tertiary/aromatic N) is 3. The maximum atomic E-state index is 6.04. The van der Waals surface area contributed by atoms with Crippen LogP contribution >= 0.6 is 0 Å². The smallest absolute Gasteiger partial charge is 0.266 e. The summed E-state index contributed by atoms with van der Waals surface area (Å²) in [5.74, 6) is 1.96. The van der Waals surface area contributed by atoms with Crippen LogP contribution in [0, 0.1) is 5.92 Å². The molecule has 0 aromatic carbocycles. The van der Waals surface area contributed by atoms with E-state index in [2.05, 4.69) is 28.9 Å². The topological polar surface area (TPSA) is 68.2 Å². The molecule has 0 bridgehead atoms. The molecule has 2 N–H and O–H groups in total. The molecule has 1 aromatic rings. The highest BCUT2D eigenvalue weighted by Crippen LogP contribution is 2.27. The van der Waals surface area contributed by atoms with Gasteiger partial charge in [0.1, 0.15) is 0 Å². The maximum absolute atomic E-state index is 6.04. The first-order valence-corrected chi connectivity index (χ1v) is 7.43. The predicted molar refractivity (Wildman–Crippen MR) is 76.2 cm³/mol. The van der Waals surface area contributed by atoms with Gasteiger partial charge in [-0.3, -0.25) is 0 Å². The third-order valence-electron chi connectivity index (χ3n) is 3.89. The van der Waals surface area contributed by atoms with Crippen LogP contribution in [0.25, 0.3) is 0 Å². The van der Waals surface area contributed by atoms with Gasteiger partial charge < -0.3 is 15.2 Å². The molecule has 0 aliphatic carbocycles. The molecule has 0 amide bonds. The van der Waals surface area contributed by atoms with Crippen molar-refractivity contribution in [3.05, 3.63) is 5.89 Å². The van der Waals surface area contributed by atoms with Gasteiger partial charge in [-0.05, 0) is 30.8 Å². The van der Waals surface area contributed by atoms with Crippen LogP contribution in [-0.4, -0.2) is 29.3 Å². The molecule has 0 spiro atoms. The van der Waals surface area contributed by atoms with Gasteiger partial charge in [-0.2, -0.15) is 4.98 Å². The third-order valence-corrected chi connectivity index (χ3v) is 3.89. The zero-order valence-corrected chi connectivity index (χ0v) is 12.3. The molecular formula is C14H26N4O. The van der Waals surface area contributed by atoms with Crippen molar-refractivity contribution >= 4 is 5.95 Å². The van der Waals surface area contributed by atoms with Gasteiger partial charge in [0.2, 0.25) is 5.89 Å². The van der Waals surface area contributed by atoms with Crippen LogP contribution in [0.4, 0.5) is 5.95 Å². The van der Waals surface area contributed by atoms with Crippen LogP contribution in [0.3, 0.4) is 0 Å². The minimum atomic E-state index is 0.0254. The SMILES string of the molecule is CC(C)C(c1nc(N2CCCCCC2)no1)C(C)N. The summed E-state index contributed by atoms with van der Waals surface area (Å²) in [6.45, 7) is 8.35. The Labute approximate surface area is 115 Å². The highest BCUT2D eigenvalue weighted by atomic mass is 16.5. The molecule has 0 saturated carbocycles. The Morgan fingerprint density at radius 3 is 2.26 bits per heavy atom. The molecule has 0 radical (unpaired) electrons. The summed E-state index contributed by atoms with van der Waals surface area (Å²) in [4.78, 5) is 6.82. The van der Waals surface area contributed by atoms with Crippen molar-refractivity contribution < 1.29 is 4.52 Å². The molecule has 5 heteroatoms. The first-order chi connectivity index (χ1) is 9.09. The molecular weight excluding hydrogens is 240 g/mol. The molecule has 1 aliphatic heterocycles. The molecule has 2 rings (SSSR count). The number of nitrogens with two attached hydrogens (primary N) is 1.